The lowest BCUT2D eigenvalue weighted by atomic mass is 10.2. The van der Waals surface area contributed by atoms with Crippen molar-refractivity contribution in [2.75, 3.05) is 19.5 Å². The molecule has 0 N–H and O–H groups in total. The van der Waals surface area contributed by atoms with Crippen LogP contribution in [0.4, 0.5) is 0 Å². The molecular formula is C7H17P. The van der Waals surface area contributed by atoms with E-state index in [1.165, 1.54) is 12.6 Å². The molecule has 0 spiro atoms. The molecule has 0 aliphatic heterocycles. The number of hydrogen-bond acceptors (Lipinski definition) is 0. The highest BCUT2D eigenvalue weighted by atomic mass is 31.1. The smallest absolute Gasteiger partial charge is 0.0328 e. The lowest BCUT2D eigenvalue weighted by Crippen LogP contribution is -1.89. The van der Waals surface area contributed by atoms with Crippen LogP contribution in [0.5, 0.6) is 0 Å². The second-order valence-corrected chi connectivity index (χ2v) is 5.59. The molecule has 0 unspecified atom stereocenters. The van der Waals surface area contributed by atoms with Crippen LogP contribution in [0.1, 0.15) is 20.3 Å². The van der Waals surface area contributed by atoms with Gasteiger partial charge in [-0.3, -0.25) is 0 Å². The van der Waals surface area contributed by atoms with E-state index in [1.807, 2.05) is 0 Å². The van der Waals surface area contributed by atoms with E-state index in [4.69, 9.17) is 0 Å². The van der Waals surface area contributed by atoms with Crippen molar-refractivity contribution in [2.24, 2.45) is 5.92 Å². The molecule has 0 rings (SSSR count). The normalized spacial score (nSPS) is 11.2. The fourth-order valence-electron chi connectivity index (χ4n) is 0.516. The molecule has 0 aliphatic carbocycles. The van der Waals surface area contributed by atoms with E-state index in [9.17, 15) is 0 Å². The van der Waals surface area contributed by atoms with Crippen molar-refractivity contribution in [3.05, 3.63) is 0 Å². The SMILES string of the molecule is CC(C)CCP(C)C. The van der Waals surface area contributed by atoms with Crippen molar-refractivity contribution < 1.29 is 0 Å². The van der Waals surface area contributed by atoms with Gasteiger partial charge in [0.1, 0.15) is 0 Å². The van der Waals surface area contributed by atoms with Gasteiger partial charge in [-0.15, -0.1) is 7.92 Å². The third kappa shape index (κ3) is 6.43. The van der Waals surface area contributed by atoms with Gasteiger partial charge in [-0.1, -0.05) is 13.8 Å². The molecule has 0 saturated carbocycles. The van der Waals surface area contributed by atoms with E-state index in [1.54, 1.807) is 0 Å². The van der Waals surface area contributed by atoms with Gasteiger partial charge in [0.25, 0.3) is 0 Å². The summed E-state index contributed by atoms with van der Waals surface area (Å²) in [6, 6.07) is 0. The lowest BCUT2D eigenvalue weighted by molar-refractivity contribution is 0.630. The van der Waals surface area contributed by atoms with Gasteiger partial charge in [0.2, 0.25) is 0 Å². The van der Waals surface area contributed by atoms with Crippen LogP contribution in [0.15, 0.2) is 0 Å². The summed E-state index contributed by atoms with van der Waals surface area (Å²) in [4.78, 5) is 0. The van der Waals surface area contributed by atoms with Gasteiger partial charge in [-0.25, -0.2) is 0 Å². The first-order valence-electron chi connectivity index (χ1n) is 3.27. The highest BCUT2D eigenvalue weighted by molar-refractivity contribution is 7.55. The second kappa shape index (κ2) is 4.32. The fraction of sp³-hybridized carbons (Fsp3) is 1.00. The van der Waals surface area contributed by atoms with Crippen molar-refractivity contribution >= 4 is 7.92 Å². The molecule has 0 radical (unpaired) electrons. The van der Waals surface area contributed by atoms with E-state index in [-0.39, 0.29) is 0 Å². The van der Waals surface area contributed by atoms with Gasteiger partial charge in [0.15, 0.2) is 0 Å². The Morgan fingerprint density at radius 3 is 1.88 bits per heavy atom. The molecule has 0 heterocycles. The van der Waals surface area contributed by atoms with Crippen LogP contribution in [0.3, 0.4) is 0 Å². The Bertz CT molecular complexity index is 40.3. The molecule has 0 saturated heterocycles. The van der Waals surface area contributed by atoms with Crippen LogP contribution in [0.25, 0.3) is 0 Å². The maximum absolute atomic E-state index is 2.34. The average Bonchev–Trinajstić information content (AvgIpc) is 1.61. The molecule has 0 aromatic rings. The van der Waals surface area contributed by atoms with E-state index < -0.39 is 0 Å². The summed E-state index contributed by atoms with van der Waals surface area (Å²) in [6.07, 6.45) is 2.87. The average molecular weight is 132 g/mol. The number of hydrogen-bond donors (Lipinski definition) is 0. The zero-order chi connectivity index (χ0) is 6.57. The molecule has 0 bridgehead atoms. The van der Waals surface area contributed by atoms with Crippen molar-refractivity contribution in [1.29, 1.82) is 0 Å². The van der Waals surface area contributed by atoms with Crippen molar-refractivity contribution in [3.63, 3.8) is 0 Å². The zero-order valence-electron chi connectivity index (χ0n) is 6.44. The molecule has 0 aromatic heterocycles. The minimum Gasteiger partial charge on any atom is -0.113 e. The predicted octanol–water partition coefficient (Wildman–Crippen LogP) is 2.77. The molecule has 1 heteroatoms. The molecule has 8 heavy (non-hydrogen) atoms. The Labute approximate surface area is 54.4 Å². The monoisotopic (exact) mass is 132 g/mol. The van der Waals surface area contributed by atoms with E-state index in [2.05, 4.69) is 27.2 Å². The summed E-state index contributed by atoms with van der Waals surface area (Å²) in [5, 5.41) is 0. The molecule has 0 atom stereocenters. The second-order valence-electron chi connectivity index (χ2n) is 2.99. The van der Waals surface area contributed by atoms with Gasteiger partial charge < -0.3 is 0 Å². The Morgan fingerprint density at radius 2 is 1.75 bits per heavy atom. The minimum atomic E-state index is 0.367. The van der Waals surface area contributed by atoms with Gasteiger partial charge >= 0.3 is 0 Å². The Morgan fingerprint density at radius 1 is 1.25 bits per heavy atom. The molecule has 0 nitrogen and oxygen atoms in total. The topological polar surface area (TPSA) is 0 Å². The Kier molecular flexibility index (Phi) is 4.56. The van der Waals surface area contributed by atoms with Crippen LogP contribution in [0, 0.1) is 5.92 Å². The summed E-state index contributed by atoms with van der Waals surface area (Å²) in [7, 11) is 0.367. The predicted molar refractivity (Wildman–Crippen MR) is 43.1 cm³/mol. The van der Waals surface area contributed by atoms with Gasteiger partial charge in [0, 0.05) is 0 Å². The maximum Gasteiger partial charge on any atom is -0.0328 e. The molecular weight excluding hydrogens is 115 g/mol. The van der Waals surface area contributed by atoms with E-state index >= 15 is 0 Å². The first-order chi connectivity index (χ1) is 3.63. The summed E-state index contributed by atoms with van der Waals surface area (Å²) in [5.41, 5.74) is 0. The third-order valence-corrected chi connectivity index (χ3v) is 2.31. The first kappa shape index (κ1) is 8.43. The minimum absolute atomic E-state index is 0.367. The maximum atomic E-state index is 2.34. The highest BCUT2D eigenvalue weighted by Crippen LogP contribution is 2.26. The van der Waals surface area contributed by atoms with Crippen LogP contribution < -0.4 is 0 Å². The zero-order valence-corrected chi connectivity index (χ0v) is 7.33. The van der Waals surface area contributed by atoms with Crippen molar-refractivity contribution in [3.8, 4) is 0 Å². The molecule has 0 amide bonds. The van der Waals surface area contributed by atoms with Crippen LogP contribution in [-0.2, 0) is 0 Å². The molecule has 0 aromatic carbocycles. The summed E-state index contributed by atoms with van der Waals surface area (Å²) in [6.45, 7) is 9.27. The van der Waals surface area contributed by atoms with Crippen LogP contribution >= 0.6 is 7.92 Å². The summed E-state index contributed by atoms with van der Waals surface area (Å²) in [5.74, 6) is 0.903. The van der Waals surface area contributed by atoms with E-state index in [0.29, 0.717) is 7.92 Å². The van der Waals surface area contributed by atoms with Gasteiger partial charge in [-0.2, -0.15) is 0 Å². The number of rotatable bonds is 3. The standard InChI is InChI=1S/C7H17P/c1-7(2)5-6-8(3)4/h7H,5-6H2,1-4H3. The highest BCUT2D eigenvalue weighted by Gasteiger charge is 1.95. The largest absolute Gasteiger partial charge is 0.113 e. The van der Waals surface area contributed by atoms with Crippen LogP contribution in [-0.4, -0.2) is 19.5 Å². The lowest BCUT2D eigenvalue weighted by Gasteiger charge is -2.06. The van der Waals surface area contributed by atoms with Crippen molar-refractivity contribution in [2.45, 2.75) is 20.3 Å². The van der Waals surface area contributed by atoms with Gasteiger partial charge in [-0.05, 0) is 31.8 Å². The fourth-order valence-corrected chi connectivity index (χ4v) is 1.55. The summed E-state index contributed by atoms with van der Waals surface area (Å²) >= 11 is 0. The quantitative estimate of drug-likeness (QED) is 0.518. The van der Waals surface area contributed by atoms with Gasteiger partial charge in [0.05, 0.1) is 0 Å². The molecule has 50 valence electrons. The molecule has 0 aliphatic rings. The molecule has 0 fully saturated rings. The summed E-state index contributed by atoms with van der Waals surface area (Å²) < 4.78 is 0. The Hall–Kier alpha value is 0.430. The third-order valence-electron chi connectivity index (χ3n) is 1.15. The first-order valence-corrected chi connectivity index (χ1v) is 5.69. The van der Waals surface area contributed by atoms with Crippen molar-refractivity contribution in [1.82, 2.24) is 0 Å². The van der Waals surface area contributed by atoms with E-state index in [0.717, 1.165) is 5.92 Å². The Balaban J connectivity index is 2.93. The van der Waals surface area contributed by atoms with Crippen LogP contribution in [0.2, 0.25) is 0 Å².